The molecule has 0 unspecified atom stereocenters. The summed E-state index contributed by atoms with van der Waals surface area (Å²) in [6.07, 6.45) is 0.560. The molecule has 0 aliphatic carbocycles. The van der Waals surface area contributed by atoms with Crippen molar-refractivity contribution in [2.45, 2.75) is 6.42 Å². The van der Waals surface area contributed by atoms with Crippen LogP contribution >= 0.6 is 0 Å². The van der Waals surface area contributed by atoms with Crippen LogP contribution in [0.4, 0.5) is 0 Å². The van der Waals surface area contributed by atoms with E-state index in [9.17, 15) is 0 Å². The van der Waals surface area contributed by atoms with Crippen LogP contribution in [0.5, 0.6) is 0 Å². The SMILES string of the molecule is [N-]=[N+]=NCCCO.[N-]=[N+]=[N-]. The molecule has 0 amide bonds. The number of aliphatic hydroxyl groups excluding tert-OH is 1. The van der Waals surface area contributed by atoms with Crippen molar-refractivity contribution < 1.29 is 5.11 Å². The fourth-order valence-corrected chi connectivity index (χ4v) is 0.186. The smallest absolute Gasteiger partial charge is 0.0432 e. The molecule has 0 spiro atoms. The molecule has 0 saturated heterocycles. The highest BCUT2D eigenvalue weighted by Crippen LogP contribution is 1.76. The Morgan fingerprint density at radius 2 is 1.80 bits per heavy atom. The number of aliphatic hydroxyl groups is 1. The molecule has 0 fully saturated rings. The average molecular weight is 143 g/mol. The van der Waals surface area contributed by atoms with Gasteiger partial charge in [0.2, 0.25) is 0 Å². The molecule has 0 rings (SSSR count). The van der Waals surface area contributed by atoms with Crippen LogP contribution in [0, 0.1) is 0 Å². The lowest BCUT2D eigenvalue weighted by molar-refractivity contribution is 0.291. The summed E-state index contributed by atoms with van der Waals surface area (Å²) in [5.74, 6) is 0. The second kappa shape index (κ2) is 15.6. The van der Waals surface area contributed by atoms with Crippen LogP contribution in [0.25, 0.3) is 26.4 Å². The second-order valence-electron chi connectivity index (χ2n) is 1.12. The van der Waals surface area contributed by atoms with Crippen molar-refractivity contribution in [1.29, 1.82) is 0 Å². The number of azide groups is 1. The maximum Gasteiger partial charge on any atom is 0.0432 e. The van der Waals surface area contributed by atoms with Crippen molar-refractivity contribution in [1.82, 2.24) is 0 Å². The molecule has 7 nitrogen and oxygen atoms in total. The van der Waals surface area contributed by atoms with Crippen LogP contribution in [0.1, 0.15) is 6.42 Å². The highest BCUT2D eigenvalue weighted by molar-refractivity contribution is 4.43. The quantitative estimate of drug-likeness (QED) is 0.273. The molecule has 1 N–H and O–H groups in total. The van der Waals surface area contributed by atoms with Gasteiger partial charge in [0.1, 0.15) is 0 Å². The number of nitrogens with zero attached hydrogens (tertiary/aromatic N) is 6. The molecule has 7 heteroatoms. The largest absolute Gasteiger partial charge is 0.396 e. The summed E-state index contributed by atoms with van der Waals surface area (Å²) in [5, 5.41) is 11.3. The van der Waals surface area contributed by atoms with Gasteiger partial charge in [-0.2, -0.15) is 0 Å². The minimum Gasteiger partial charge on any atom is -0.396 e. The van der Waals surface area contributed by atoms with Crippen LogP contribution in [-0.2, 0) is 0 Å². The standard InChI is InChI=1S/C3H7N3O.N3/c4-6-5-2-1-3-7;1-3-2/h7H,1-3H2;/q;-1. The molecule has 56 valence electrons. The van der Waals surface area contributed by atoms with E-state index in [2.05, 4.69) is 10.0 Å². The van der Waals surface area contributed by atoms with Crippen molar-refractivity contribution in [3.05, 3.63) is 26.4 Å². The summed E-state index contributed by atoms with van der Waals surface area (Å²) in [5.41, 5.74) is 21.2. The van der Waals surface area contributed by atoms with Gasteiger partial charge in [-0.15, -0.1) is 0 Å². The van der Waals surface area contributed by atoms with Crippen molar-refractivity contribution in [2.75, 3.05) is 13.2 Å². The topological polar surface area (TPSA) is 128 Å². The van der Waals surface area contributed by atoms with E-state index in [1.807, 2.05) is 0 Å². The van der Waals surface area contributed by atoms with Gasteiger partial charge < -0.3 is 16.2 Å². The maximum atomic E-state index is 8.11. The molecule has 0 heterocycles. The molecule has 0 atom stereocenters. The maximum absolute atomic E-state index is 8.11. The summed E-state index contributed by atoms with van der Waals surface area (Å²) in [7, 11) is 0. The third-order valence-corrected chi connectivity index (χ3v) is 0.479. The van der Waals surface area contributed by atoms with Gasteiger partial charge in [-0.25, -0.2) is 0 Å². The third-order valence-electron chi connectivity index (χ3n) is 0.479. The molecule has 0 aromatic rings. The molecular formula is C3H7N6O-. The Morgan fingerprint density at radius 3 is 2.10 bits per heavy atom. The van der Waals surface area contributed by atoms with Gasteiger partial charge >= 0.3 is 0 Å². The first-order valence-electron chi connectivity index (χ1n) is 2.43. The van der Waals surface area contributed by atoms with Crippen molar-refractivity contribution in [2.24, 2.45) is 5.11 Å². The molecule has 0 bridgehead atoms. The summed E-state index contributed by atoms with van der Waals surface area (Å²) >= 11 is 0. The van der Waals surface area contributed by atoms with Gasteiger partial charge in [-0.1, -0.05) is 5.11 Å². The summed E-state index contributed by atoms with van der Waals surface area (Å²) in [6, 6.07) is 0. The van der Waals surface area contributed by atoms with Gasteiger partial charge in [-0.3, -0.25) is 4.91 Å². The van der Waals surface area contributed by atoms with Crippen molar-refractivity contribution in [3.63, 3.8) is 0 Å². The van der Waals surface area contributed by atoms with Gasteiger partial charge in [-0.05, 0) is 12.0 Å². The van der Waals surface area contributed by atoms with E-state index in [4.69, 9.17) is 21.7 Å². The first-order chi connectivity index (χ1) is 4.83. The molecule has 0 aliphatic heterocycles. The molecule has 0 aliphatic rings. The number of hydrogen-bond acceptors (Lipinski definition) is 2. The second-order valence-corrected chi connectivity index (χ2v) is 1.12. The van der Waals surface area contributed by atoms with Crippen molar-refractivity contribution in [3.8, 4) is 0 Å². The predicted octanol–water partition coefficient (Wildman–Crippen LogP) is 1.55. The van der Waals surface area contributed by atoms with Crippen molar-refractivity contribution >= 4 is 0 Å². The molecular weight excluding hydrogens is 136 g/mol. The Bertz CT molecular complexity index is 132. The minimum absolute atomic E-state index is 0.0962. The lowest BCUT2D eigenvalue weighted by Gasteiger charge is -1.80. The van der Waals surface area contributed by atoms with Gasteiger partial charge in [0.05, 0.1) is 0 Å². The summed E-state index contributed by atoms with van der Waals surface area (Å²) < 4.78 is 0. The monoisotopic (exact) mass is 143 g/mol. The van der Waals surface area contributed by atoms with Crippen LogP contribution in [0.3, 0.4) is 0 Å². The van der Waals surface area contributed by atoms with E-state index in [-0.39, 0.29) is 6.61 Å². The van der Waals surface area contributed by atoms with E-state index in [1.165, 1.54) is 4.91 Å². The fourth-order valence-electron chi connectivity index (χ4n) is 0.186. The molecule has 0 saturated carbocycles. The average Bonchev–Trinajstić information content (AvgIpc) is 1.91. The summed E-state index contributed by atoms with van der Waals surface area (Å²) in [6.45, 7) is 0.492. The lowest BCUT2D eigenvalue weighted by atomic mass is 10.5. The first-order valence-corrected chi connectivity index (χ1v) is 2.43. The van der Waals surface area contributed by atoms with E-state index in [1.54, 1.807) is 0 Å². The molecule has 0 aromatic heterocycles. The number of hydrogen-bond donors (Lipinski definition) is 1. The van der Waals surface area contributed by atoms with Crippen LogP contribution < -0.4 is 0 Å². The number of rotatable bonds is 3. The van der Waals surface area contributed by atoms with E-state index >= 15 is 0 Å². The van der Waals surface area contributed by atoms with Crippen LogP contribution in [-0.4, -0.2) is 18.3 Å². The Morgan fingerprint density at radius 1 is 1.30 bits per heavy atom. The van der Waals surface area contributed by atoms with Gasteiger partial charge in [0, 0.05) is 18.1 Å². The zero-order valence-electron chi connectivity index (χ0n) is 5.25. The Balaban J connectivity index is 0. The molecule has 10 heavy (non-hydrogen) atoms. The minimum atomic E-state index is 0.0962. The lowest BCUT2D eigenvalue weighted by Crippen LogP contribution is -1.83. The fraction of sp³-hybridized carbons (Fsp3) is 1.00. The van der Waals surface area contributed by atoms with E-state index < -0.39 is 0 Å². The molecule has 0 radical (unpaired) electrons. The summed E-state index contributed by atoms with van der Waals surface area (Å²) in [4.78, 5) is 3.99. The van der Waals surface area contributed by atoms with Crippen LogP contribution in [0.15, 0.2) is 5.11 Å². The highest BCUT2D eigenvalue weighted by Gasteiger charge is 1.75. The zero-order chi connectivity index (χ0) is 8.24. The predicted molar refractivity (Wildman–Crippen MR) is 35.8 cm³/mol. The third kappa shape index (κ3) is 30.8. The Hall–Kier alpha value is -1.42. The normalized spacial score (nSPS) is 6.10. The Kier molecular flexibility index (Phi) is 17.8. The van der Waals surface area contributed by atoms with Gasteiger partial charge in [0.15, 0.2) is 0 Å². The zero-order valence-corrected chi connectivity index (χ0v) is 5.25. The highest BCUT2D eigenvalue weighted by atomic mass is 16.3. The van der Waals surface area contributed by atoms with Crippen LogP contribution in [0.2, 0.25) is 0 Å². The molecule has 0 aromatic carbocycles. The van der Waals surface area contributed by atoms with Gasteiger partial charge in [0.25, 0.3) is 0 Å². The van der Waals surface area contributed by atoms with E-state index in [0.29, 0.717) is 13.0 Å². The van der Waals surface area contributed by atoms with E-state index in [0.717, 1.165) is 0 Å². The first kappa shape index (κ1) is 11.4. The Labute approximate surface area is 57.3 Å².